The minimum absolute atomic E-state index is 0.0298. The lowest BCUT2D eigenvalue weighted by atomic mass is 9.42. The molecule has 7 aliphatic rings. The smallest absolute Gasteiger partial charge is 0.229 e. The summed E-state index contributed by atoms with van der Waals surface area (Å²) in [7, 11) is 0. The molecule has 0 aromatic heterocycles. The van der Waals surface area contributed by atoms with Crippen molar-refractivity contribution in [3.63, 3.8) is 0 Å². The van der Waals surface area contributed by atoms with Crippen LogP contribution in [0.4, 0.5) is 0 Å². The average Bonchev–Trinajstić information content (AvgIpc) is 3.45. The van der Waals surface area contributed by atoms with E-state index in [4.69, 9.17) is 14.2 Å². The second-order valence-corrected chi connectivity index (χ2v) is 17.5. The van der Waals surface area contributed by atoms with Gasteiger partial charge in [-0.05, 0) is 111 Å². The lowest BCUT2D eigenvalue weighted by molar-refractivity contribution is -0.273. The van der Waals surface area contributed by atoms with Gasteiger partial charge in [-0.25, -0.2) is 0 Å². The molecule has 2 N–H and O–H groups in total. The van der Waals surface area contributed by atoms with Crippen LogP contribution in [0.3, 0.4) is 0 Å². The molecule has 0 radical (unpaired) electrons. The summed E-state index contributed by atoms with van der Waals surface area (Å²) < 4.78 is 19.1. The number of hydrogen-bond donors (Lipinski definition) is 2. The van der Waals surface area contributed by atoms with E-state index in [9.17, 15) is 9.59 Å². The first kappa shape index (κ1) is 34.0. The highest BCUT2D eigenvalue weighted by atomic mass is 16.7. The molecule has 264 valence electrons. The Balaban J connectivity index is 0.932. The summed E-state index contributed by atoms with van der Waals surface area (Å²) in [5.41, 5.74) is 0.476. The van der Waals surface area contributed by atoms with Gasteiger partial charge in [0.15, 0.2) is 5.79 Å². The third-order valence-electron chi connectivity index (χ3n) is 15.5. The van der Waals surface area contributed by atoms with Crippen LogP contribution in [0.15, 0.2) is 12.7 Å². The number of rotatable bonds is 8. The van der Waals surface area contributed by atoms with E-state index in [2.05, 4.69) is 55.9 Å². The molecule has 0 bridgehead atoms. The van der Waals surface area contributed by atoms with Crippen LogP contribution in [0.2, 0.25) is 0 Å². The average molecular weight is 654 g/mol. The summed E-state index contributed by atoms with van der Waals surface area (Å²) in [5.74, 6) is 2.96. The van der Waals surface area contributed by atoms with Gasteiger partial charge in [0.1, 0.15) is 6.42 Å². The highest BCUT2D eigenvalue weighted by molar-refractivity contribution is 5.96. The molecule has 0 unspecified atom stereocenters. The van der Waals surface area contributed by atoms with Crippen LogP contribution in [0, 0.1) is 51.8 Å². The number of morpholine rings is 1. The van der Waals surface area contributed by atoms with E-state index in [0.29, 0.717) is 35.6 Å². The highest BCUT2D eigenvalue weighted by Gasteiger charge is 2.75. The fraction of sp³-hybridized carbons (Fsp3) is 0.897. The number of carbonyl (C=O) groups is 2. The number of hydrogen-bond acceptors (Lipinski definition) is 6. The summed E-state index contributed by atoms with van der Waals surface area (Å²) in [6, 6.07) is 0.179. The molecular weight excluding hydrogens is 590 g/mol. The predicted octanol–water partition coefficient (Wildman–Crippen LogP) is 5.70. The number of ether oxygens (including phenoxy) is 3. The van der Waals surface area contributed by atoms with E-state index < -0.39 is 5.79 Å². The molecule has 3 heterocycles. The zero-order valence-corrected chi connectivity index (χ0v) is 29.8. The summed E-state index contributed by atoms with van der Waals surface area (Å²) in [5, 5.41) is 6.23. The van der Waals surface area contributed by atoms with Gasteiger partial charge in [-0.15, -0.1) is 6.58 Å². The fourth-order valence-corrected chi connectivity index (χ4v) is 12.8. The molecule has 7 rings (SSSR count). The second kappa shape index (κ2) is 13.0. The SMILES string of the molecule is C=C[C@]12[C@H](C[C@H]3[C@@H]4CC[C@@H]5C[C@@H](NC(=O)CC(=O)NCCCN6CCOCC6)CC[C@]5(C)[C@H]4CC[C@@]31C)O[C@]1(CC[C@H](C)CO1)[C@H]2C. The highest BCUT2D eigenvalue weighted by Crippen LogP contribution is 2.76. The molecular formula is C39H63N3O5. The Labute approximate surface area is 283 Å². The molecule has 4 saturated carbocycles. The van der Waals surface area contributed by atoms with Crippen LogP contribution in [0.1, 0.15) is 105 Å². The monoisotopic (exact) mass is 653 g/mol. The Bertz CT molecular complexity index is 1180. The lowest BCUT2D eigenvalue weighted by Gasteiger charge is -2.62. The molecule has 8 heteroatoms. The zero-order valence-electron chi connectivity index (χ0n) is 29.8. The number of nitrogens with zero attached hydrogens (tertiary/aromatic N) is 1. The molecule has 4 aliphatic carbocycles. The van der Waals surface area contributed by atoms with Crippen LogP contribution >= 0.6 is 0 Å². The van der Waals surface area contributed by atoms with Gasteiger partial charge in [0, 0.05) is 43.4 Å². The van der Waals surface area contributed by atoms with Crippen LogP contribution in [0.25, 0.3) is 0 Å². The normalized spacial score (nSPS) is 47.7. The largest absolute Gasteiger partial charge is 0.379 e. The van der Waals surface area contributed by atoms with Gasteiger partial charge < -0.3 is 24.8 Å². The first-order valence-corrected chi connectivity index (χ1v) is 19.4. The van der Waals surface area contributed by atoms with E-state index >= 15 is 0 Å². The van der Waals surface area contributed by atoms with Crippen molar-refractivity contribution in [2.24, 2.45) is 51.8 Å². The van der Waals surface area contributed by atoms with Gasteiger partial charge in [-0.1, -0.05) is 33.8 Å². The van der Waals surface area contributed by atoms with Crippen molar-refractivity contribution in [1.29, 1.82) is 0 Å². The molecule has 0 aromatic carbocycles. The van der Waals surface area contributed by atoms with Gasteiger partial charge in [0.05, 0.1) is 25.9 Å². The van der Waals surface area contributed by atoms with Gasteiger partial charge in [0.2, 0.25) is 11.8 Å². The number of amides is 2. The van der Waals surface area contributed by atoms with Gasteiger partial charge in [-0.2, -0.15) is 0 Å². The molecule has 8 nitrogen and oxygen atoms in total. The minimum atomic E-state index is -0.438. The van der Waals surface area contributed by atoms with E-state index in [1.807, 2.05) is 0 Å². The molecule has 1 spiro atoms. The van der Waals surface area contributed by atoms with Crippen LogP contribution in [-0.4, -0.2) is 80.6 Å². The summed E-state index contributed by atoms with van der Waals surface area (Å²) in [4.78, 5) is 27.8. The van der Waals surface area contributed by atoms with Gasteiger partial charge >= 0.3 is 0 Å². The summed E-state index contributed by atoms with van der Waals surface area (Å²) >= 11 is 0. The third kappa shape index (κ3) is 5.63. The van der Waals surface area contributed by atoms with Gasteiger partial charge in [-0.3, -0.25) is 14.5 Å². The molecule has 2 amide bonds. The number of carbonyl (C=O) groups excluding carboxylic acids is 2. The van der Waals surface area contributed by atoms with E-state index in [1.165, 1.54) is 38.5 Å². The topological polar surface area (TPSA) is 89.1 Å². The van der Waals surface area contributed by atoms with Crippen molar-refractivity contribution in [3.8, 4) is 0 Å². The quantitative estimate of drug-likeness (QED) is 0.199. The van der Waals surface area contributed by atoms with E-state index in [-0.39, 0.29) is 41.2 Å². The number of fused-ring (bicyclic) bond motifs is 7. The Kier molecular flexibility index (Phi) is 9.41. The minimum Gasteiger partial charge on any atom is -0.379 e. The number of nitrogens with one attached hydrogen (secondary N) is 2. The van der Waals surface area contributed by atoms with Crippen LogP contribution < -0.4 is 10.6 Å². The van der Waals surface area contributed by atoms with Gasteiger partial charge in [0.25, 0.3) is 0 Å². The molecule has 12 atom stereocenters. The Morgan fingerprint density at radius 2 is 1.77 bits per heavy atom. The standard InChI is InChI=1S/C39H63N3O5/c1-6-38-27(3)39(15-10-26(2)25-46-39)47-33(38)23-32-30-9-8-28-22-29(11-13-36(28,4)31(30)12-14-37(32,38)5)41-35(44)24-34(43)40-16-7-17-42-18-20-45-21-19-42/h6,26-33H,1,7-25H2,2-5H3,(H,40,43)(H,41,44)/t26-,27-,28+,29-,30+,31-,32-,33-,36-,37-,38-,39+/m0/s1. The van der Waals surface area contributed by atoms with Crippen molar-refractivity contribution in [1.82, 2.24) is 15.5 Å². The molecule has 3 saturated heterocycles. The van der Waals surface area contributed by atoms with Crippen LogP contribution in [-0.2, 0) is 23.8 Å². The predicted molar refractivity (Wildman–Crippen MR) is 182 cm³/mol. The second-order valence-electron chi connectivity index (χ2n) is 17.5. The Hall–Kier alpha value is -1.48. The lowest BCUT2D eigenvalue weighted by Crippen LogP contribution is -2.58. The van der Waals surface area contributed by atoms with E-state index in [0.717, 1.165) is 83.4 Å². The summed E-state index contributed by atoms with van der Waals surface area (Å²) in [6.07, 6.45) is 15.0. The maximum Gasteiger partial charge on any atom is 0.229 e. The Morgan fingerprint density at radius 1 is 0.957 bits per heavy atom. The first-order chi connectivity index (χ1) is 22.5. The van der Waals surface area contributed by atoms with Crippen molar-refractivity contribution in [3.05, 3.63) is 12.7 Å². The van der Waals surface area contributed by atoms with Crippen molar-refractivity contribution in [2.45, 2.75) is 123 Å². The maximum absolute atomic E-state index is 12.9. The first-order valence-electron chi connectivity index (χ1n) is 19.4. The molecule has 47 heavy (non-hydrogen) atoms. The van der Waals surface area contributed by atoms with E-state index in [1.54, 1.807) is 0 Å². The summed E-state index contributed by atoms with van der Waals surface area (Å²) in [6.45, 7) is 20.3. The molecule has 3 aliphatic heterocycles. The van der Waals surface area contributed by atoms with Crippen LogP contribution in [0.5, 0.6) is 0 Å². The van der Waals surface area contributed by atoms with Crippen molar-refractivity contribution < 1.29 is 23.8 Å². The third-order valence-corrected chi connectivity index (χ3v) is 15.5. The zero-order chi connectivity index (χ0) is 33.0. The fourth-order valence-electron chi connectivity index (χ4n) is 12.8. The maximum atomic E-state index is 12.9. The molecule has 7 fully saturated rings. The molecule has 0 aromatic rings. The van der Waals surface area contributed by atoms with Crippen molar-refractivity contribution in [2.75, 3.05) is 46.0 Å². The Morgan fingerprint density at radius 3 is 2.51 bits per heavy atom. The van der Waals surface area contributed by atoms with Crippen molar-refractivity contribution >= 4 is 11.8 Å².